The van der Waals surface area contributed by atoms with Crippen LogP contribution >= 0.6 is 0 Å². The summed E-state index contributed by atoms with van der Waals surface area (Å²) in [5.41, 5.74) is 0.774. The summed E-state index contributed by atoms with van der Waals surface area (Å²) in [6, 6.07) is 7.63. The van der Waals surface area contributed by atoms with E-state index in [1.807, 2.05) is 0 Å². The summed E-state index contributed by atoms with van der Waals surface area (Å²) in [5, 5.41) is 2.67. The molecule has 0 bridgehead atoms. The van der Waals surface area contributed by atoms with E-state index in [9.17, 15) is 22.8 Å². The van der Waals surface area contributed by atoms with Gasteiger partial charge in [0.2, 0.25) is 5.91 Å². The quantitative estimate of drug-likeness (QED) is 0.849. The fraction of sp³-hybridized carbons (Fsp3) is 0.222. The zero-order chi connectivity index (χ0) is 18.1. The van der Waals surface area contributed by atoms with Crippen molar-refractivity contribution in [1.82, 2.24) is 10.2 Å². The molecule has 1 N–H and O–H groups in total. The average molecular weight is 348 g/mol. The van der Waals surface area contributed by atoms with Crippen molar-refractivity contribution >= 4 is 11.8 Å². The van der Waals surface area contributed by atoms with E-state index < -0.39 is 40.9 Å². The maximum absolute atomic E-state index is 14.0. The Morgan fingerprint density at radius 2 is 1.84 bits per heavy atom. The highest BCUT2D eigenvalue weighted by Crippen LogP contribution is 2.28. The summed E-state index contributed by atoms with van der Waals surface area (Å²) in [4.78, 5) is 26.3. The van der Waals surface area contributed by atoms with Gasteiger partial charge in [-0.15, -0.1) is 0 Å². The lowest BCUT2D eigenvalue weighted by atomic mass is 9.97. The number of aryl methyl sites for hydroxylation is 1. The van der Waals surface area contributed by atoms with E-state index in [0.29, 0.717) is 11.6 Å². The number of halogens is 3. The molecule has 0 aliphatic carbocycles. The molecule has 0 radical (unpaired) electrons. The van der Waals surface area contributed by atoms with Gasteiger partial charge in [0.15, 0.2) is 17.5 Å². The van der Waals surface area contributed by atoms with E-state index >= 15 is 0 Å². The zero-order valence-electron chi connectivity index (χ0n) is 13.4. The van der Waals surface area contributed by atoms with Crippen molar-refractivity contribution in [2.75, 3.05) is 13.1 Å². The minimum atomic E-state index is -1.71. The van der Waals surface area contributed by atoms with Crippen molar-refractivity contribution in [3.8, 4) is 0 Å². The normalized spacial score (nSPS) is 17.4. The molecule has 130 valence electrons. The van der Waals surface area contributed by atoms with Gasteiger partial charge in [-0.05, 0) is 30.2 Å². The Kier molecular flexibility index (Phi) is 4.48. The van der Waals surface area contributed by atoms with Gasteiger partial charge < -0.3 is 10.2 Å². The maximum atomic E-state index is 14.0. The number of piperazine rings is 1. The number of benzene rings is 2. The molecule has 1 atom stereocenters. The lowest BCUT2D eigenvalue weighted by Gasteiger charge is -2.36. The molecule has 2 aromatic carbocycles. The lowest BCUT2D eigenvalue weighted by Crippen LogP contribution is -2.52. The van der Waals surface area contributed by atoms with Gasteiger partial charge >= 0.3 is 0 Å². The molecular weight excluding hydrogens is 333 g/mol. The molecule has 25 heavy (non-hydrogen) atoms. The summed E-state index contributed by atoms with van der Waals surface area (Å²) in [6.45, 7) is 2.11. The van der Waals surface area contributed by atoms with Crippen LogP contribution in [-0.4, -0.2) is 29.8 Å². The molecule has 2 amide bonds. The molecule has 0 spiro atoms. The number of nitrogens with zero attached hydrogens (tertiary/aromatic N) is 1. The van der Waals surface area contributed by atoms with Crippen LogP contribution in [0.25, 0.3) is 0 Å². The second-order valence-corrected chi connectivity index (χ2v) is 5.77. The molecule has 3 rings (SSSR count). The molecule has 4 nitrogen and oxygen atoms in total. The van der Waals surface area contributed by atoms with Crippen LogP contribution in [0.4, 0.5) is 13.2 Å². The second-order valence-electron chi connectivity index (χ2n) is 5.77. The molecule has 1 unspecified atom stereocenters. The summed E-state index contributed by atoms with van der Waals surface area (Å²) in [6.07, 6.45) is 0. The Balaban J connectivity index is 2.04. The van der Waals surface area contributed by atoms with Crippen LogP contribution in [0.3, 0.4) is 0 Å². The number of rotatable bonds is 2. The fourth-order valence-electron chi connectivity index (χ4n) is 2.93. The molecule has 2 aromatic rings. The Bertz CT molecular complexity index is 854. The summed E-state index contributed by atoms with van der Waals surface area (Å²) in [5.74, 6) is -5.91. The number of hydrogen-bond donors (Lipinski definition) is 1. The monoisotopic (exact) mass is 348 g/mol. The van der Waals surface area contributed by atoms with Crippen LogP contribution in [0.1, 0.15) is 27.5 Å². The number of carbonyl (C=O) groups is 2. The van der Waals surface area contributed by atoms with E-state index in [4.69, 9.17) is 0 Å². The highest BCUT2D eigenvalue weighted by molar-refractivity contribution is 5.98. The van der Waals surface area contributed by atoms with E-state index in [1.54, 1.807) is 31.2 Å². The average Bonchev–Trinajstić information content (AvgIpc) is 2.60. The molecule has 0 aromatic heterocycles. The first-order valence-electron chi connectivity index (χ1n) is 7.69. The summed E-state index contributed by atoms with van der Waals surface area (Å²) < 4.78 is 40.6. The smallest absolute Gasteiger partial charge is 0.257 e. The maximum Gasteiger partial charge on any atom is 0.257 e. The highest BCUT2D eigenvalue weighted by atomic mass is 19.2. The summed E-state index contributed by atoms with van der Waals surface area (Å²) >= 11 is 0. The van der Waals surface area contributed by atoms with E-state index in [0.717, 1.165) is 11.6 Å². The molecular formula is C18H15F3N2O2. The molecule has 0 saturated carbocycles. The Labute approximate surface area is 142 Å². The number of hydrogen-bond acceptors (Lipinski definition) is 2. The van der Waals surface area contributed by atoms with Gasteiger partial charge in [0.1, 0.15) is 6.04 Å². The van der Waals surface area contributed by atoms with E-state index in [-0.39, 0.29) is 13.1 Å². The van der Waals surface area contributed by atoms with Crippen molar-refractivity contribution in [3.05, 3.63) is 70.5 Å². The molecule has 7 heteroatoms. The predicted octanol–water partition coefficient (Wildman–Crippen LogP) is 2.73. The standard InChI is InChI=1S/C18H15F3N2O2/c1-10-4-2-3-5-11(10)16-17(24)22-8-9-23(16)18(25)12-6-7-13(19)15(21)14(12)20/h2-7,16H,8-9H2,1H3,(H,22,24). The topological polar surface area (TPSA) is 49.4 Å². The Hall–Kier alpha value is -2.83. The SMILES string of the molecule is Cc1ccccc1C1C(=O)NCCN1C(=O)c1ccc(F)c(F)c1F. The summed E-state index contributed by atoms with van der Waals surface area (Å²) in [7, 11) is 0. The van der Waals surface area contributed by atoms with Gasteiger partial charge in [0.25, 0.3) is 5.91 Å². The van der Waals surface area contributed by atoms with Crippen LogP contribution < -0.4 is 5.32 Å². The van der Waals surface area contributed by atoms with Crippen LogP contribution in [0, 0.1) is 24.4 Å². The third kappa shape index (κ3) is 2.97. The molecule has 1 heterocycles. The Morgan fingerprint density at radius 3 is 2.56 bits per heavy atom. The van der Waals surface area contributed by atoms with Crippen molar-refractivity contribution in [1.29, 1.82) is 0 Å². The van der Waals surface area contributed by atoms with E-state index in [1.165, 1.54) is 4.90 Å². The molecule has 1 fully saturated rings. The van der Waals surface area contributed by atoms with Gasteiger partial charge in [-0.1, -0.05) is 24.3 Å². The molecule has 1 aliphatic heterocycles. The predicted molar refractivity (Wildman–Crippen MR) is 84.3 cm³/mol. The first-order valence-corrected chi connectivity index (χ1v) is 7.69. The van der Waals surface area contributed by atoms with Gasteiger partial charge in [-0.25, -0.2) is 13.2 Å². The highest BCUT2D eigenvalue weighted by Gasteiger charge is 2.36. The van der Waals surface area contributed by atoms with E-state index in [2.05, 4.69) is 5.32 Å². The van der Waals surface area contributed by atoms with Gasteiger partial charge in [0, 0.05) is 13.1 Å². The number of nitrogens with one attached hydrogen (secondary N) is 1. The van der Waals surface area contributed by atoms with Crippen molar-refractivity contribution in [2.45, 2.75) is 13.0 Å². The minimum Gasteiger partial charge on any atom is -0.352 e. The zero-order valence-corrected chi connectivity index (χ0v) is 13.4. The largest absolute Gasteiger partial charge is 0.352 e. The van der Waals surface area contributed by atoms with Crippen molar-refractivity contribution < 1.29 is 22.8 Å². The number of carbonyl (C=O) groups excluding carboxylic acids is 2. The van der Waals surface area contributed by atoms with Crippen LogP contribution in [0.5, 0.6) is 0 Å². The van der Waals surface area contributed by atoms with Crippen molar-refractivity contribution in [3.63, 3.8) is 0 Å². The Morgan fingerprint density at radius 1 is 1.12 bits per heavy atom. The molecule has 1 saturated heterocycles. The van der Waals surface area contributed by atoms with Crippen LogP contribution in [-0.2, 0) is 4.79 Å². The van der Waals surface area contributed by atoms with Crippen molar-refractivity contribution in [2.24, 2.45) is 0 Å². The van der Waals surface area contributed by atoms with Gasteiger partial charge in [0.05, 0.1) is 5.56 Å². The third-order valence-electron chi connectivity index (χ3n) is 4.22. The second kappa shape index (κ2) is 6.58. The molecule has 1 aliphatic rings. The third-order valence-corrected chi connectivity index (χ3v) is 4.22. The van der Waals surface area contributed by atoms with Crippen LogP contribution in [0.2, 0.25) is 0 Å². The van der Waals surface area contributed by atoms with Gasteiger partial charge in [-0.2, -0.15) is 0 Å². The van der Waals surface area contributed by atoms with Gasteiger partial charge in [-0.3, -0.25) is 9.59 Å². The number of amides is 2. The lowest BCUT2D eigenvalue weighted by molar-refractivity contribution is -0.128. The van der Waals surface area contributed by atoms with Crippen LogP contribution in [0.15, 0.2) is 36.4 Å². The minimum absolute atomic E-state index is 0.127. The first kappa shape index (κ1) is 17.0. The fourth-order valence-corrected chi connectivity index (χ4v) is 2.93. The first-order chi connectivity index (χ1) is 11.9.